The summed E-state index contributed by atoms with van der Waals surface area (Å²) < 4.78 is 0. The molecule has 0 aromatic carbocycles. The molecule has 1 aromatic heterocycles. The van der Waals surface area contributed by atoms with Crippen LogP contribution in [0.3, 0.4) is 0 Å². The Morgan fingerprint density at radius 1 is 1.47 bits per heavy atom. The van der Waals surface area contributed by atoms with Crippen molar-refractivity contribution in [3.63, 3.8) is 0 Å². The molecule has 1 aromatic rings. The molecule has 0 atom stereocenters. The van der Waals surface area contributed by atoms with Crippen LogP contribution in [0, 0.1) is 0 Å². The summed E-state index contributed by atoms with van der Waals surface area (Å²) in [6.45, 7) is 0. The zero-order valence-electron chi connectivity index (χ0n) is 8.54. The average molecular weight is 244 g/mol. The van der Waals surface area contributed by atoms with Gasteiger partial charge in [-0.2, -0.15) is 0 Å². The van der Waals surface area contributed by atoms with Gasteiger partial charge in [-0.15, -0.1) is 22.9 Å². The van der Waals surface area contributed by atoms with Gasteiger partial charge in [-0.3, -0.25) is 4.79 Å². The van der Waals surface area contributed by atoms with Gasteiger partial charge in [-0.1, -0.05) is 19.3 Å². The number of Topliss-reactive ketones (excluding diaryl/α,β-unsaturated/α-hetero) is 1. The van der Waals surface area contributed by atoms with E-state index in [0.29, 0.717) is 11.6 Å². The molecule has 0 spiro atoms. The number of aromatic nitrogens is 1. The van der Waals surface area contributed by atoms with E-state index < -0.39 is 0 Å². The van der Waals surface area contributed by atoms with Gasteiger partial charge in [0.25, 0.3) is 0 Å². The lowest BCUT2D eigenvalue weighted by atomic mass is 9.90. The van der Waals surface area contributed by atoms with Crippen LogP contribution in [-0.4, -0.2) is 16.6 Å². The zero-order valence-corrected chi connectivity index (χ0v) is 10.1. The zero-order chi connectivity index (χ0) is 10.7. The summed E-state index contributed by atoms with van der Waals surface area (Å²) in [4.78, 5) is 15.7. The van der Waals surface area contributed by atoms with Gasteiger partial charge in [-0.05, 0) is 12.8 Å². The Morgan fingerprint density at radius 2 is 2.20 bits per heavy atom. The van der Waals surface area contributed by atoms with Crippen molar-refractivity contribution in [1.82, 2.24) is 4.98 Å². The largest absolute Gasteiger partial charge is 0.291 e. The van der Waals surface area contributed by atoms with Crippen molar-refractivity contribution in [2.75, 3.05) is 5.88 Å². The number of alkyl halides is 1. The maximum Gasteiger partial charge on any atom is 0.196 e. The molecule has 4 heteroatoms. The van der Waals surface area contributed by atoms with Crippen LogP contribution in [0.2, 0.25) is 0 Å². The maximum absolute atomic E-state index is 11.3. The van der Waals surface area contributed by atoms with Crippen LogP contribution in [0.25, 0.3) is 0 Å². The molecule has 1 aliphatic rings. The number of thiazole rings is 1. The van der Waals surface area contributed by atoms with Crippen LogP contribution >= 0.6 is 22.9 Å². The van der Waals surface area contributed by atoms with Crippen LogP contribution in [0.4, 0.5) is 0 Å². The number of nitrogens with zero attached hydrogens (tertiary/aromatic N) is 1. The first-order valence-electron chi connectivity index (χ1n) is 5.36. The number of halogens is 1. The number of ketones is 1. The van der Waals surface area contributed by atoms with Crippen molar-refractivity contribution in [1.29, 1.82) is 0 Å². The predicted octanol–water partition coefficient (Wildman–Crippen LogP) is 3.61. The van der Waals surface area contributed by atoms with Gasteiger partial charge in [0.15, 0.2) is 5.78 Å². The van der Waals surface area contributed by atoms with E-state index in [1.807, 2.05) is 5.38 Å². The smallest absolute Gasteiger partial charge is 0.196 e. The molecular weight excluding hydrogens is 230 g/mol. The lowest BCUT2D eigenvalue weighted by Crippen LogP contribution is -2.06. The lowest BCUT2D eigenvalue weighted by molar-refractivity contribution is 0.101. The Balaban J connectivity index is 2.08. The molecule has 1 saturated carbocycles. The SMILES string of the molecule is O=C(CCl)c1csc(C2CCCCC2)n1. The van der Waals surface area contributed by atoms with E-state index in [1.165, 1.54) is 32.1 Å². The number of hydrogen-bond acceptors (Lipinski definition) is 3. The first-order chi connectivity index (χ1) is 7.31. The van der Waals surface area contributed by atoms with Crippen molar-refractivity contribution in [2.24, 2.45) is 0 Å². The quantitative estimate of drug-likeness (QED) is 0.600. The van der Waals surface area contributed by atoms with E-state index in [0.717, 1.165) is 5.01 Å². The highest BCUT2D eigenvalue weighted by Crippen LogP contribution is 2.34. The van der Waals surface area contributed by atoms with Gasteiger partial charge >= 0.3 is 0 Å². The van der Waals surface area contributed by atoms with Crippen LogP contribution < -0.4 is 0 Å². The summed E-state index contributed by atoms with van der Waals surface area (Å²) in [5.41, 5.74) is 0.551. The molecule has 0 N–H and O–H groups in total. The van der Waals surface area contributed by atoms with E-state index in [-0.39, 0.29) is 11.7 Å². The van der Waals surface area contributed by atoms with Crippen molar-refractivity contribution in [3.05, 3.63) is 16.1 Å². The van der Waals surface area contributed by atoms with Gasteiger partial charge in [0, 0.05) is 11.3 Å². The second-order valence-corrected chi connectivity index (χ2v) is 5.12. The molecular formula is C11H14ClNOS. The molecule has 15 heavy (non-hydrogen) atoms. The molecule has 1 heterocycles. The van der Waals surface area contributed by atoms with Gasteiger partial charge < -0.3 is 0 Å². The van der Waals surface area contributed by atoms with Crippen molar-refractivity contribution in [3.8, 4) is 0 Å². The molecule has 0 bridgehead atoms. The fraction of sp³-hybridized carbons (Fsp3) is 0.636. The third-order valence-corrected chi connectivity index (χ3v) is 4.13. The third kappa shape index (κ3) is 2.58. The number of hydrogen-bond donors (Lipinski definition) is 0. The van der Waals surface area contributed by atoms with Gasteiger partial charge in [0.05, 0.1) is 10.9 Å². The highest BCUT2D eigenvalue weighted by Gasteiger charge is 2.19. The van der Waals surface area contributed by atoms with E-state index in [2.05, 4.69) is 4.98 Å². The monoisotopic (exact) mass is 243 g/mol. The first kappa shape index (κ1) is 11.1. The van der Waals surface area contributed by atoms with E-state index in [4.69, 9.17) is 11.6 Å². The molecule has 0 unspecified atom stereocenters. The molecule has 0 amide bonds. The van der Waals surface area contributed by atoms with Crippen molar-refractivity contribution >= 4 is 28.7 Å². The highest BCUT2D eigenvalue weighted by molar-refractivity contribution is 7.10. The van der Waals surface area contributed by atoms with Gasteiger partial charge in [-0.25, -0.2) is 4.98 Å². The van der Waals surface area contributed by atoms with Crippen LogP contribution in [0.1, 0.15) is 53.5 Å². The normalized spacial score (nSPS) is 17.9. The number of carbonyl (C=O) groups excluding carboxylic acids is 1. The average Bonchev–Trinajstić information content (AvgIpc) is 2.78. The topological polar surface area (TPSA) is 30.0 Å². The van der Waals surface area contributed by atoms with Crippen molar-refractivity contribution < 1.29 is 4.79 Å². The molecule has 1 aliphatic carbocycles. The summed E-state index contributed by atoms with van der Waals surface area (Å²) in [6, 6.07) is 0. The summed E-state index contributed by atoms with van der Waals surface area (Å²) in [7, 11) is 0. The second kappa shape index (κ2) is 5.08. The van der Waals surface area contributed by atoms with Gasteiger partial charge in [0.1, 0.15) is 5.69 Å². The van der Waals surface area contributed by atoms with E-state index in [1.54, 1.807) is 11.3 Å². The second-order valence-electron chi connectivity index (χ2n) is 3.96. The summed E-state index contributed by atoms with van der Waals surface area (Å²) >= 11 is 7.11. The standard InChI is InChI=1S/C11H14ClNOS/c12-6-10(14)9-7-15-11(13-9)8-4-2-1-3-5-8/h7-8H,1-6H2. The van der Waals surface area contributed by atoms with Crippen LogP contribution in [0.15, 0.2) is 5.38 Å². The van der Waals surface area contributed by atoms with Crippen LogP contribution in [-0.2, 0) is 0 Å². The molecule has 0 aliphatic heterocycles. The molecule has 82 valence electrons. The molecule has 0 saturated heterocycles. The Morgan fingerprint density at radius 3 is 2.87 bits per heavy atom. The van der Waals surface area contributed by atoms with E-state index >= 15 is 0 Å². The summed E-state index contributed by atoms with van der Waals surface area (Å²) in [5, 5.41) is 2.97. The Labute approximate surface area is 98.7 Å². The minimum atomic E-state index is -0.0602. The van der Waals surface area contributed by atoms with Gasteiger partial charge in [0.2, 0.25) is 0 Å². The molecule has 0 radical (unpaired) electrons. The summed E-state index contributed by atoms with van der Waals surface area (Å²) in [5.74, 6) is 0.559. The lowest BCUT2D eigenvalue weighted by Gasteiger charge is -2.18. The van der Waals surface area contributed by atoms with Crippen molar-refractivity contribution in [2.45, 2.75) is 38.0 Å². The van der Waals surface area contributed by atoms with E-state index in [9.17, 15) is 4.79 Å². The fourth-order valence-corrected chi connectivity index (χ4v) is 3.15. The maximum atomic E-state index is 11.3. The molecule has 1 fully saturated rings. The minimum Gasteiger partial charge on any atom is -0.291 e. The number of rotatable bonds is 3. The first-order valence-corrected chi connectivity index (χ1v) is 6.77. The Bertz CT molecular complexity index is 344. The number of carbonyl (C=O) groups is 1. The molecule has 2 rings (SSSR count). The van der Waals surface area contributed by atoms with Crippen LogP contribution in [0.5, 0.6) is 0 Å². The molecule has 2 nitrogen and oxygen atoms in total. The Hall–Kier alpha value is -0.410. The minimum absolute atomic E-state index is 0.0356. The predicted molar refractivity (Wildman–Crippen MR) is 63.0 cm³/mol. The fourth-order valence-electron chi connectivity index (χ4n) is 2.02. The Kier molecular flexibility index (Phi) is 3.76. The third-order valence-electron chi connectivity index (χ3n) is 2.88. The summed E-state index contributed by atoms with van der Waals surface area (Å²) in [6.07, 6.45) is 6.38. The highest BCUT2D eigenvalue weighted by atomic mass is 35.5.